The molecule has 5 nitrogen and oxygen atoms in total. The van der Waals surface area contributed by atoms with Gasteiger partial charge in [0, 0.05) is 34.1 Å². The van der Waals surface area contributed by atoms with Crippen molar-refractivity contribution in [3.8, 4) is 10.6 Å². The molecule has 1 aromatic carbocycles. The van der Waals surface area contributed by atoms with Crippen molar-refractivity contribution in [2.75, 3.05) is 5.32 Å². The molecule has 0 aliphatic heterocycles. The molecule has 2 aliphatic rings. The first-order valence-electron chi connectivity index (χ1n) is 11.3. The maximum absolute atomic E-state index is 13.2. The van der Waals surface area contributed by atoms with Crippen molar-refractivity contribution < 1.29 is 9.59 Å². The molecule has 2 aromatic heterocycles. The number of Topliss-reactive ketones (excluding diaryl/α,β-unsaturated/α-hetero) is 1. The zero-order valence-corrected chi connectivity index (χ0v) is 21.1. The van der Waals surface area contributed by atoms with Crippen LogP contribution in [0.3, 0.4) is 0 Å². The Morgan fingerprint density at radius 3 is 2.64 bits per heavy atom. The number of aromatic nitrogens is 2. The van der Waals surface area contributed by atoms with Crippen LogP contribution >= 0.6 is 34.7 Å². The third kappa shape index (κ3) is 4.77. The Bertz CT molecular complexity index is 1210. The van der Waals surface area contributed by atoms with Gasteiger partial charge in [-0.05, 0) is 60.6 Å². The second-order valence-corrected chi connectivity index (χ2v) is 12.6. The van der Waals surface area contributed by atoms with E-state index in [0.717, 1.165) is 32.3 Å². The summed E-state index contributed by atoms with van der Waals surface area (Å²) in [5.41, 5.74) is 3.32. The Kier molecular flexibility index (Phi) is 6.14. The molecule has 0 spiro atoms. The fourth-order valence-corrected chi connectivity index (χ4v) is 7.92. The molecule has 0 bridgehead atoms. The number of carbonyl (C=O) groups is 2. The molecule has 172 valence electrons. The van der Waals surface area contributed by atoms with Gasteiger partial charge in [0.1, 0.15) is 5.69 Å². The zero-order valence-electron chi connectivity index (χ0n) is 18.7. The van der Waals surface area contributed by atoms with Crippen molar-refractivity contribution in [1.82, 2.24) is 9.78 Å². The van der Waals surface area contributed by atoms with Crippen LogP contribution in [-0.2, 0) is 6.42 Å². The molecule has 3 aromatic rings. The van der Waals surface area contributed by atoms with Gasteiger partial charge in [-0.15, -0.1) is 23.1 Å². The van der Waals surface area contributed by atoms with E-state index in [0.29, 0.717) is 22.4 Å². The summed E-state index contributed by atoms with van der Waals surface area (Å²) in [5, 5.41) is 8.62. The number of hydrogen-bond acceptors (Lipinski definition) is 5. The molecule has 1 N–H and O–H groups in total. The number of halogens is 1. The lowest BCUT2D eigenvalue weighted by Gasteiger charge is -2.29. The molecule has 1 fully saturated rings. The normalized spacial score (nSPS) is 17.8. The number of thioether (sulfide) groups is 1. The second-order valence-electron chi connectivity index (χ2n) is 9.62. The van der Waals surface area contributed by atoms with Gasteiger partial charge in [0.2, 0.25) is 0 Å². The monoisotopic (exact) mass is 499 g/mol. The third-order valence-electron chi connectivity index (χ3n) is 6.25. The fourth-order valence-electron chi connectivity index (χ4n) is 4.68. The van der Waals surface area contributed by atoms with Crippen LogP contribution in [0.15, 0.2) is 40.7 Å². The van der Waals surface area contributed by atoms with Gasteiger partial charge in [0.15, 0.2) is 5.78 Å². The maximum atomic E-state index is 13.2. The Balaban J connectivity index is 1.46. The summed E-state index contributed by atoms with van der Waals surface area (Å²) in [4.78, 5) is 26.9. The van der Waals surface area contributed by atoms with Gasteiger partial charge >= 0.3 is 6.03 Å². The van der Waals surface area contributed by atoms with Crippen LogP contribution in [0.1, 0.15) is 61.9 Å². The molecule has 5 rings (SSSR count). The number of benzene rings is 1. The largest absolute Gasteiger partial charge is 0.346 e. The lowest BCUT2D eigenvalue weighted by Crippen LogP contribution is -2.26. The van der Waals surface area contributed by atoms with Crippen LogP contribution in [0.25, 0.3) is 10.6 Å². The number of fused-ring (bicyclic) bond motifs is 1. The lowest BCUT2D eigenvalue weighted by molar-refractivity contribution is 0.0910. The minimum absolute atomic E-state index is 0.0796. The zero-order chi connectivity index (χ0) is 23.2. The molecule has 1 amide bonds. The molecule has 0 atom stereocenters. The van der Waals surface area contributed by atoms with Gasteiger partial charge in [0.25, 0.3) is 0 Å². The first-order chi connectivity index (χ1) is 15.8. The SMILES string of the molecule is CC1(C)CC(=O)c2c(SC3CCCC3)sc(-c3ccn(C(=O)Nc4ccc(Cl)cc4)n3)c2C1. The highest BCUT2D eigenvalue weighted by molar-refractivity contribution is 8.01. The predicted molar refractivity (Wildman–Crippen MR) is 136 cm³/mol. The van der Waals surface area contributed by atoms with E-state index in [1.807, 2.05) is 17.8 Å². The third-order valence-corrected chi connectivity index (χ3v) is 9.31. The number of anilines is 1. The van der Waals surface area contributed by atoms with Gasteiger partial charge in [-0.2, -0.15) is 9.78 Å². The smallest absolute Gasteiger partial charge is 0.306 e. The average Bonchev–Trinajstić information content (AvgIpc) is 3.49. The minimum Gasteiger partial charge on any atom is -0.306 e. The quantitative estimate of drug-likeness (QED) is 0.402. The molecule has 0 saturated heterocycles. The fraction of sp³-hybridized carbons (Fsp3) is 0.400. The standard InChI is InChI=1S/C25H26ClN3O2S2/c1-25(2)13-18-21(20(30)14-25)23(32-17-5-3-4-6-17)33-22(18)19-11-12-29(28-19)24(31)27-16-9-7-15(26)8-10-16/h7-12,17H,3-6,13-14H2,1-2H3,(H,27,31). The van der Waals surface area contributed by atoms with Crippen molar-refractivity contribution >= 4 is 52.2 Å². The topological polar surface area (TPSA) is 64.0 Å². The van der Waals surface area contributed by atoms with Gasteiger partial charge < -0.3 is 5.32 Å². The van der Waals surface area contributed by atoms with E-state index in [9.17, 15) is 9.59 Å². The number of nitrogens with zero attached hydrogens (tertiary/aromatic N) is 2. The highest BCUT2D eigenvalue weighted by atomic mass is 35.5. The van der Waals surface area contributed by atoms with E-state index >= 15 is 0 Å². The van der Waals surface area contributed by atoms with E-state index < -0.39 is 0 Å². The molecule has 1 saturated carbocycles. The van der Waals surface area contributed by atoms with E-state index in [4.69, 9.17) is 11.6 Å². The number of amides is 1. The minimum atomic E-state index is -0.342. The summed E-state index contributed by atoms with van der Waals surface area (Å²) in [7, 11) is 0. The van der Waals surface area contributed by atoms with Crippen LogP contribution in [0, 0.1) is 5.41 Å². The Morgan fingerprint density at radius 2 is 1.91 bits per heavy atom. The number of thiophene rings is 1. The summed E-state index contributed by atoms with van der Waals surface area (Å²) in [6.07, 6.45) is 8.06. The van der Waals surface area contributed by atoms with Crippen molar-refractivity contribution in [1.29, 1.82) is 0 Å². The molecule has 0 unspecified atom stereocenters. The summed E-state index contributed by atoms with van der Waals surface area (Å²) in [6, 6.07) is 8.48. The number of carbonyl (C=O) groups excluding carboxylic acids is 2. The predicted octanol–water partition coefficient (Wildman–Crippen LogP) is 7.54. The first kappa shape index (κ1) is 22.7. The van der Waals surface area contributed by atoms with E-state index in [-0.39, 0.29) is 17.2 Å². The Morgan fingerprint density at radius 1 is 1.18 bits per heavy atom. The van der Waals surface area contributed by atoms with Crippen LogP contribution in [-0.4, -0.2) is 26.8 Å². The molecule has 8 heteroatoms. The van der Waals surface area contributed by atoms with Gasteiger partial charge in [-0.1, -0.05) is 38.3 Å². The second kappa shape index (κ2) is 8.93. The lowest BCUT2D eigenvalue weighted by atomic mass is 9.74. The summed E-state index contributed by atoms with van der Waals surface area (Å²) in [6.45, 7) is 4.30. The molecule has 0 radical (unpaired) electrons. The van der Waals surface area contributed by atoms with Gasteiger partial charge in [-0.3, -0.25) is 4.79 Å². The van der Waals surface area contributed by atoms with Gasteiger partial charge in [0.05, 0.1) is 9.09 Å². The van der Waals surface area contributed by atoms with Crippen LogP contribution in [0.2, 0.25) is 5.02 Å². The van der Waals surface area contributed by atoms with Crippen molar-refractivity contribution in [2.45, 2.75) is 61.8 Å². The molecular weight excluding hydrogens is 474 g/mol. The molecule has 2 aliphatic carbocycles. The summed E-state index contributed by atoms with van der Waals surface area (Å²) < 4.78 is 2.45. The molecular formula is C25H26ClN3O2S2. The van der Waals surface area contributed by atoms with Crippen LogP contribution in [0.4, 0.5) is 10.5 Å². The number of rotatable bonds is 4. The van der Waals surface area contributed by atoms with Crippen molar-refractivity contribution in [3.05, 3.63) is 52.7 Å². The highest BCUT2D eigenvalue weighted by Crippen LogP contribution is 2.50. The van der Waals surface area contributed by atoms with E-state index in [1.54, 1.807) is 41.8 Å². The highest BCUT2D eigenvalue weighted by Gasteiger charge is 2.37. The number of ketones is 1. The van der Waals surface area contributed by atoms with Crippen LogP contribution in [0.5, 0.6) is 0 Å². The molecule has 2 heterocycles. The first-order valence-corrected chi connectivity index (χ1v) is 13.3. The van der Waals surface area contributed by atoms with Crippen LogP contribution < -0.4 is 5.32 Å². The Hall–Kier alpha value is -2.09. The number of hydrogen-bond donors (Lipinski definition) is 1. The van der Waals surface area contributed by atoms with Crippen molar-refractivity contribution in [2.24, 2.45) is 5.41 Å². The van der Waals surface area contributed by atoms with E-state index in [2.05, 4.69) is 24.3 Å². The average molecular weight is 500 g/mol. The van der Waals surface area contributed by atoms with Crippen molar-refractivity contribution in [3.63, 3.8) is 0 Å². The van der Waals surface area contributed by atoms with Gasteiger partial charge in [-0.25, -0.2) is 4.79 Å². The summed E-state index contributed by atoms with van der Waals surface area (Å²) >= 11 is 9.47. The Labute approximate surface area is 206 Å². The number of nitrogens with one attached hydrogen (secondary N) is 1. The summed E-state index contributed by atoms with van der Waals surface area (Å²) in [5.74, 6) is 0.240. The maximum Gasteiger partial charge on any atom is 0.346 e. The molecule has 33 heavy (non-hydrogen) atoms. The van der Waals surface area contributed by atoms with E-state index in [1.165, 1.54) is 30.4 Å².